The van der Waals surface area contributed by atoms with Gasteiger partial charge in [-0.1, -0.05) is 67.9 Å². The van der Waals surface area contributed by atoms with Gasteiger partial charge in [0.2, 0.25) is 21.8 Å². The van der Waals surface area contributed by atoms with Gasteiger partial charge in [-0.3, -0.25) is 13.9 Å². The maximum atomic E-state index is 14.0. The van der Waals surface area contributed by atoms with Gasteiger partial charge in [-0.25, -0.2) is 12.8 Å². The molecular formula is C30H36FN3O4S. The van der Waals surface area contributed by atoms with Gasteiger partial charge in [0.05, 0.1) is 11.9 Å². The number of hydrogen-bond acceptors (Lipinski definition) is 4. The molecule has 3 aromatic carbocycles. The zero-order chi connectivity index (χ0) is 28.4. The number of aryl methyl sites for hydroxylation is 1. The first-order valence-electron chi connectivity index (χ1n) is 13.0. The predicted octanol–water partition coefficient (Wildman–Crippen LogP) is 4.46. The van der Waals surface area contributed by atoms with Gasteiger partial charge in [-0.2, -0.15) is 0 Å². The van der Waals surface area contributed by atoms with Crippen molar-refractivity contribution >= 4 is 27.5 Å². The summed E-state index contributed by atoms with van der Waals surface area (Å²) in [6, 6.07) is 21.0. The third kappa shape index (κ3) is 8.64. The number of nitrogens with zero attached hydrogens (tertiary/aromatic N) is 2. The third-order valence-electron chi connectivity index (χ3n) is 6.50. The van der Waals surface area contributed by atoms with Crippen molar-refractivity contribution in [1.29, 1.82) is 0 Å². The van der Waals surface area contributed by atoms with Gasteiger partial charge >= 0.3 is 0 Å². The summed E-state index contributed by atoms with van der Waals surface area (Å²) in [4.78, 5) is 29.0. The maximum absolute atomic E-state index is 14.0. The average Bonchev–Trinajstić information content (AvgIpc) is 2.91. The summed E-state index contributed by atoms with van der Waals surface area (Å²) >= 11 is 0. The first kappa shape index (κ1) is 29.8. The lowest BCUT2D eigenvalue weighted by Crippen LogP contribution is -2.53. The molecule has 0 radical (unpaired) electrons. The number of benzene rings is 3. The normalized spacial score (nSPS) is 12.0. The lowest BCUT2D eigenvalue weighted by molar-refractivity contribution is -0.140. The van der Waals surface area contributed by atoms with Crippen LogP contribution >= 0.6 is 0 Å². The second-order valence-electron chi connectivity index (χ2n) is 9.54. The zero-order valence-corrected chi connectivity index (χ0v) is 23.5. The Morgan fingerprint density at radius 1 is 0.949 bits per heavy atom. The molecule has 0 aromatic heterocycles. The van der Waals surface area contributed by atoms with Crippen LogP contribution in [0.4, 0.5) is 10.1 Å². The number of anilines is 1. The van der Waals surface area contributed by atoms with E-state index < -0.39 is 34.3 Å². The van der Waals surface area contributed by atoms with Gasteiger partial charge in [0.15, 0.2) is 0 Å². The predicted molar refractivity (Wildman–Crippen MR) is 152 cm³/mol. The minimum Gasteiger partial charge on any atom is -0.354 e. The van der Waals surface area contributed by atoms with E-state index in [1.54, 1.807) is 0 Å². The van der Waals surface area contributed by atoms with Crippen LogP contribution in [0.15, 0.2) is 78.9 Å². The molecule has 9 heteroatoms. The molecule has 0 saturated heterocycles. The Labute approximate surface area is 230 Å². The number of halogens is 1. The van der Waals surface area contributed by atoms with E-state index in [-0.39, 0.29) is 24.6 Å². The molecule has 2 amide bonds. The lowest BCUT2D eigenvalue weighted by atomic mass is 10.0. The Hall–Kier alpha value is -3.72. The summed E-state index contributed by atoms with van der Waals surface area (Å²) in [5.74, 6) is -1.37. The molecule has 39 heavy (non-hydrogen) atoms. The topological polar surface area (TPSA) is 86.8 Å². The van der Waals surface area contributed by atoms with Crippen molar-refractivity contribution in [2.75, 3.05) is 23.7 Å². The Bertz CT molecular complexity index is 1350. The highest BCUT2D eigenvalue weighted by Crippen LogP contribution is 2.21. The van der Waals surface area contributed by atoms with E-state index in [1.165, 1.54) is 17.0 Å². The van der Waals surface area contributed by atoms with E-state index in [9.17, 15) is 22.4 Å². The number of hydrogen-bond donors (Lipinski definition) is 1. The van der Waals surface area contributed by atoms with Crippen molar-refractivity contribution in [3.05, 3.63) is 101 Å². The van der Waals surface area contributed by atoms with Gasteiger partial charge in [0, 0.05) is 19.5 Å². The standard InChI is InChI=1S/C30H36FN3O4S/c1-4-5-19-32-30(36)28(20-24-12-7-6-8-13-24)33(21-25-14-10-9-11-23(25)2)29(35)22-34(39(3,37)38)27-17-15-26(31)16-18-27/h6-18,28H,4-5,19-22H2,1-3H3,(H,32,36). The van der Waals surface area contributed by atoms with Gasteiger partial charge in [-0.15, -0.1) is 0 Å². The first-order chi connectivity index (χ1) is 18.6. The lowest BCUT2D eigenvalue weighted by Gasteiger charge is -2.34. The average molecular weight is 554 g/mol. The second kappa shape index (κ2) is 13.9. The molecule has 0 spiro atoms. The second-order valence-corrected chi connectivity index (χ2v) is 11.5. The van der Waals surface area contributed by atoms with E-state index in [2.05, 4.69) is 5.32 Å². The Morgan fingerprint density at radius 3 is 2.21 bits per heavy atom. The van der Waals surface area contributed by atoms with Crippen LogP contribution in [0, 0.1) is 12.7 Å². The van der Waals surface area contributed by atoms with E-state index in [0.29, 0.717) is 6.54 Å². The maximum Gasteiger partial charge on any atom is 0.244 e. The molecule has 0 bridgehead atoms. The highest BCUT2D eigenvalue weighted by Gasteiger charge is 2.33. The van der Waals surface area contributed by atoms with E-state index in [1.807, 2.05) is 68.4 Å². The van der Waals surface area contributed by atoms with Gasteiger partial charge in [0.1, 0.15) is 18.4 Å². The van der Waals surface area contributed by atoms with Gasteiger partial charge < -0.3 is 10.2 Å². The van der Waals surface area contributed by atoms with E-state index in [0.717, 1.165) is 52.2 Å². The molecule has 1 unspecified atom stereocenters. The van der Waals surface area contributed by atoms with Crippen LogP contribution in [0.1, 0.15) is 36.5 Å². The highest BCUT2D eigenvalue weighted by molar-refractivity contribution is 7.92. The highest BCUT2D eigenvalue weighted by atomic mass is 32.2. The van der Waals surface area contributed by atoms with Crippen LogP contribution in [0.5, 0.6) is 0 Å². The molecular weight excluding hydrogens is 517 g/mol. The van der Waals surface area contributed by atoms with Gasteiger partial charge in [0.25, 0.3) is 0 Å². The number of unbranched alkanes of at least 4 members (excludes halogenated alkanes) is 1. The smallest absolute Gasteiger partial charge is 0.244 e. The molecule has 7 nitrogen and oxygen atoms in total. The number of carbonyl (C=O) groups is 2. The fraction of sp³-hybridized carbons (Fsp3) is 0.333. The van der Waals surface area contributed by atoms with Crippen molar-refractivity contribution in [3.63, 3.8) is 0 Å². The van der Waals surface area contributed by atoms with Crippen LogP contribution in [0.2, 0.25) is 0 Å². The van der Waals surface area contributed by atoms with Crippen molar-refractivity contribution in [3.8, 4) is 0 Å². The monoisotopic (exact) mass is 553 g/mol. The van der Waals surface area contributed by atoms with Crippen molar-refractivity contribution in [2.45, 2.75) is 45.7 Å². The molecule has 0 aliphatic carbocycles. The van der Waals surface area contributed by atoms with Crippen LogP contribution in [0.3, 0.4) is 0 Å². The fourth-order valence-corrected chi connectivity index (χ4v) is 5.10. The van der Waals surface area contributed by atoms with E-state index in [4.69, 9.17) is 0 Å². The molecule has 208 valence electrons. The largest absolute Gasteiger partial charge is 0.354 e. The molecule has 0 fully saturated rings. The number of rotatable bonds is 13. The third-order valence-corrected chi connectivity index (χ3v) is 7.64. The van der Waals surface area contributed by atoms with Crippen LogP contribution in [-0.4, -0.2) is 50.5 Å². The summed E-state index contributed by atoms with van der Waals surface area (Å²) in [5.41, 5.74) is 2.82. The number of amides is 2. The minimum atomic E-state index is -3.90. The summed E-state index contributed by atoms with van der Waals surface area (Å²) in [6.07, 6.45) is 2.94. The molecule has 3 rings (SSSR count). The molecule has 0 saturated carbocycles. The van der Waals surface area contributed by atoms with Crippen LogP contribution in [0.25, 0.3) is 0 Å². The fourth-order valence-electron chi connectivity index (χ4n) is 4.25. The quantitative estimate of drug-likeness (QED) is 0.317. The molecule has 0 aliphatic rings. The minimum absolute atomic E-state index is 0.116. The van der Waals surface area contributed by atoms with Crippen LogP contribution in [-0.2, 0) is 32.6 Å². The number of carbonyl (C=O) groups excluding carboxylic acids is 2. The Morgan fingerprint density at radius 2 is 1.59 bits per heavy atom. The summed E-state index contributed by atoms with van der Waals surface area (Å²) in [5, 5.41) is 2.95. The molecule has 3 aromatic rings. The number of nitrogens with one attached hydrogen (secondary N) is 1. The van der Waals surface area contributed by atoms with Crippen molar-refractivity contribution < 1.29 is 22.4 Å². The Balaban J connectivity index is 2.03. The number of sulfonamides is 1. The summed E-state index contributed by atoms with van der Waals surface area (Å²) < 4.78 is 40.0. The van der Waals surface area contributed by atoms with Crippen molar-refractivity contribution in [1.82, 2.24) is 10.2 Å². The Kier molecular flexibility index (Phi) is 10.6. The zero-order valence-electron chi connectivity index (χ0n) is 22.6. The first-order valence-corrected chi connectivity index (χ1v) is 14.8. The summed E-state index contributed by atoms with van der Waals surface area (Å²) in [7, 11) is -3.90. The SMILES string of the molecule is CCCCNC(=O)C(Cc1ccccc1)N(Cc1ccccc1C)C(=O)CN(c1ccc(F)cc1)S(C)(=O)=O. The molecule has 1 N–H and O–H groups in total. The van der Waals surface area contributed by atoms with Gasteiger partial charge in [-0.05, 0) is 54.3 Å². The van der Waals surface area contributed by atoms with Crippen molar-refractivity contribution in [2.24, 2.45) is 0 Å². The van der Waals surface area contributed by atoms with E-state index >= 15 is 0 Å². The van der Waals surface area contributed by atoms with Crippen LogP contribution < -0.4 is 9.62 Å². The summed E-state index contributed by atoms with van der Waals surface area (Å²) in [6.45, 7) is 4.00. The molecule has 0 heterocycles. The molecule has 1 atom stereocenters. The molecule has 0 aliphatic heterocycles.